The largest absolute Gasteiger partial charge is 0.429 e. The zero-order valence-corrected chi connectivity index (χ0v) is 26.9. The number of nitrogens with one attached hydrogen (secondary N) is 2. The van der Waals surface area contributed by atoms with Crippen molar-refractivity contribution in [3.63, 3.8) is 0 Å². The molecule has 1 aliphatic carbocycles. The number of alkyl halides is 12. The Labute approximate surface area is 296 Å². The first kappa shape index (κ1) is 39.4. The van der Waals surface area contributed by atoms with Crippen molar-refractivity contribution in [2.75, 3.05) is 10.6 Å². The summed E-state index contributed by atoms with van der Waals surface area (Å²) in [7, 11) is 0. The Bertz CT molecular complexity index is 2010. The molecule has 3 atom stereocenters. The number of rotatable bonds is 8. The number of ether oxygens (including phenoxy) is 1. The lowest BCUT2D eigenvalue weighted by atomic mass is 10.0. The summed E-state index contributed by atoms with van der Waals surface area (Å²) in [6.07, 6.45) is -12.4. The van der Waals surface area contributed by atoms with Crippen molar-refractivity contribution in [1.29, 1.82) is 0 Å². The highest BCUT2D eigenvalue weighted by Gasteiger charge is 2.92. The maximum absolute atomic E-state index is 15.2. The molecule has 2 N–H and O–H groups in total. The number of benzene rings is 3. The van der Waals surface area contributed by atoms with Crippen LogP contribution in [0.1, 0.15) is 33.0 Å². The first-order valence-electron chi connectivity index (χ1n) is 13.9. The summed E-state index contributed by atoms with van der Waals surface area (Å²) in [6.45, 7) is 0. The summed E-state index contributed by atoms with van der Waals surface area (Å²) >= 11 is 18.4. The predicted octanol–water partition coefficient (Wildman–Crippen LogP) is 9.23. The van der Waals surface area contributed by atoms with Crippen LogP contribution < -0.4 is 10.6 Å². The maximum Gasteiger partial charge on any atom is 0.429 e. The molecule has 0 spiro atoms. The van der Waals surface area contributed by atoms with E-state index in [0.717, 1.165) is 29.6 Å². The quantitative estimate of drug-likeness (QED) is 0.135. The van der Waals surface area contributed by atoms with Crippen molar-refractivity contribution in [2.45, 2.75) is 46.7 Å². The van der Waals surface area contributed by atoms with Crippen LogP contribution in [-0.4, -0.2) is 45.7 Å². The number of hydrogen-bond donors (Lipinski definition) is 2. The number of carbonyl (C=O) groups is 3. The molecule has 1 heterocycles. The van der Waals surface area contributed by atoms with E-state index in [1.54, 1.807) is 0 Å². The summed E-state index contributed by atoms with van der Waals surface area (Å²) < 4.78 is 180. The van der Waals surface area contributed by atoms with Crippen LogP contribution in [0.15, 0.2) is 48.5 Å². The first-order valence-corrected chi connectivity index (χ1v) is 15.0. The van der Waals surface area contributed by atoms with E-state index < -0.39 is 110 Å². The molecule has 6 nitrogen and oxygen atoms in total. The third kappa shape index (κ3) is 6.32. The van der Waals surface area contributed by atoms with E-state index >= 15 is 4.39 Å². The Kier molecular flexibility index (Phi) is 9.59. The van der Waals surface area contributed by atoms with Crippen molar-refractivity contribution in [3.05, 3.63) is 93.3 Å². The van der Waals surface area contributed by atoms with Crippen LogP contribution in [0, 0.1) is 23.4 Å². The highest BCUT2D eigenvalue weighted by molar-refractivity contribution is 6.53. The van der Waals surface area contributed by atoms with E-state index in [2.05, 4.69) is 10.1 Å². The Morgan fingerprint density at radius 2 is 1.42 bits per heavy atom. The van der Waals surface area contributed by atoms with Gasteiger partial charge in [0.05, 0.1) is 16.5 Å². The normalized spacial score (nSPS) is 23.9. The molecule has 0 bridgehead atoms. The number of anilines is 2. The Hall–Kier alpha value is -3.81. The lowest BCUT2D eigenvalue weighted by Crippen LogP contribution is -2.57. The number of amides is 2. The van der Waals surface area contributed by atoms with Crippen LogP contribution in [-0.2, 0) is 26.9 Å². The summed E-state index contributed by atoms with van der Waals surface area (Å²) in [6, 6.07) is 5.84. The minimum Gasteiger partial charge on any atom is -0.326 e. The van der Waals surface area contributed by atoms with Gasteiger partial charge in [0.2, 0.25) is 5.91 Å². The molecule has 2 aliphatic rings. The fourth-order valence-electron chi connectivity index (χ4n) is 5.25. The predicted molar refractivity (Wildman–Crippen MR) is 155 cm³/mol. The molecule has 3 aromatic carbocycles. The van der Waals surface area contributed by atoms with E-state index in [0.29, 0.717) is 24.3 Å². The van der Waals surface area contributed by atoms with Gasteiger partial charge in [-0.05, 0) is 47.5 Å². The smallest absolute Gasteiger partial charge is 0.326 e. The summed E-state index contributed by atoms with van der Waals surface area (Å²) in [5.74, 6) is -32.3. The van der Waals surface area contributed by atoms with Gasteiger partial charge in [-0.25, -0.2) is 13.2 Å². The molecule has 1 unspecified atom stereocenters. The van der Waals surface area contributed by atoms with Gasteiger partial charge in [-0.1, -0.05) is 23.7 Å². The number of carbonyl (C=O) groups excluding carboxylic acids is 3. The van der Waals surface area contributed by atoms with Crippen LogP contribution in [0.4, 0.5) is 68.5 Å². The maximum atomic E-state index is 15.2. The van der Waals surface area contributed by atoms with Gasteiger partial charge in [-0.2, -0.15) is 43.9 Å². The zero-order chi connectivity index (χ0) is 39.1. The van der Waals surface area contributed by atoms with Crippen LogP contribution in [0.5, 0.6) is 0 Å². The standard InChI is InChI=1S/C30H14Cl3F13N2O4/c31-15-4-3-12(47-23(50)20-19(25(20,32)33)10-1-5-16(34)14(7-10)27(38,39)40)9-13(15)18(49)8-11-2-6-17(35)22(21(11)36)48-24(51)26(37)28(41,42)29(43,44)30(45,46)52-26/h1-7,9,19-20H,8H2,(H,47,50)(H,48,51)/t19-,20+,26?/m0/s1. The highest BCUT2D eigenvalue weighted by Crippen LogP contribution is 2.65. The molecule has 1 saturated carbocycles. The van der Waals surface area contributed by atoms with E-state index in [9.17, 15) is 67.1 Å². The van der Waals surface area contributed by atoms with Crippen molar-refractivity contribution in [3.8, 4) is 0 Å². The van der Waals surface area contributed by atoms with E-state index in [1.807, 2.05) is 0 Å². The fourth-order valence-corrected chi connectivity index (χ4v) is 6.30. The van der Waals surface area contributed by atoms with Crippen LogP contribution in [0.3, 0.4) is 0 Å². The third-order valence-corrected chi connectivity index (χ3v) is 9.28. The molecule has 0 radical (unpaired) electrons. The number of Topliss-reactive ketones (excluding diaryl/α,β-unsaturated/α-hetero) is 1. The van der Waals surface area contributed by atoms with Crippen molar-refractivity contribution < 1.29 is 76.2 Å². The molecule has 1 saturated heterocycles. The first-order chi connectivity index (χ1) is 23.7. The van der Waals surface area contributed by atoms with E-state index in [4.69, 9.17) is 34.8 Å². The van der Waals surface area contributed by atoms with E-state index in [1.165, 1.54) is 0 Å². The molecule has 2 amide bonds. The minimum absolute atomic E-state index is 0.213. The Balaban J connectivity index is 1.34. The van der Waals surface area contributed by atoms with E-state index in [-0.39, 0.29) is 16.3 Å². The SMILES string of the molecule is O=C(Cc1ccc(F)c(NC(=O)C2(F)OC(F)(F)C(F)(F)C2(F)F)c1F)c1cc(NC(=O)[C@H]2[C@H](c3ccc(F)c(C(F)(F)F)c3)C2(Cl)Cl)ccc1Cl. The Morgan fingerprint density at radius 1 is 0.808 bits per heavy atom. The second-order valence-corrected chi connectivity index (χ2v) is 13.2. The minimum atomic E-state index is -6.58. The number of hydrogen-bond acceptors (Lipinski definition) is 4. The average molecular weight is 820 g/mol. The molecule has 0 aromatic heterocycles. The second-order valence-electron chi connectivity index (χ2n) is 11.4. The average Bonchev–Trinajstić information content (AvgIpc) is 3.58. The molecule has 5 rings (SSSR count). The van der Waals surface area contributed by atoms with Gasteiger partial charge in [0.15, 0.2) is 11.6 Å². The van der Waals surface area contributed by atoms with Gasteiger partial charge in [-0.15, -0.1) is 23.2 Å². The van der Waals surface area contributed by atoms with Crippen LogP contribution >= 0.6 is 34.8 Å². The zero-order valence-electron chi connectivity index (χ0n) is 24.7. The summed E-state index contributed by atoms with van der Waals surface area (Å²) in [5, 5.41) is 2.77. The van der Waals surface area contributed by atoms with Crippen LogP contribution in [0.25, 0.3) is 0 Å². The lowest BCUT2D eigenvalue weighted by molar-refractivity contribution is -0.333. The number of ketones is 1. The van der Waals surface area contributed by atoms with Gasteiger partial charge in [0, 0.05) is 23.6 Å². The Morgan fingerprint density at radius 3 is 2.00 bits per heavy atom. The van der Waals surface area contributed by atoms with Crippen molar-refractivity contribution in [2.24, 2.45) is 5.92 Å². The molecule has 2 fully saturated rings. The van der Waals surface area contributed by atoms with Gasteiger partial charge in [0.25, 0.3) is 5.91 Å². The monoisotopic (exact) mass is 818 g/mol. The third-order valence-electron chi connectivity index (χ3n) is 8.01. The van der Waals surface area contributed by atoms with Gasteiger partial charge >= 0.3 is 30.0 Å². The van der Waals surface area contributed by atoms with Gasteiger partial charge in [0.1, 0.15) is 21.7 Å². The van der Waals surface area contributed by atoms with Crippen molar-refractivity contribution in [1.82, 2.24) is 0 Å². The molecule has 22 heteroatoms. The highest BCUT2D eigenvalue weighted by atomic mass is 35.5. The van der Waals surface area contributed by atoms with Crippen LogP contribution in [0.2, 0.25) is 5.02 Å². The molecule has 52 heavy (non-hydrogen) atoms. The van der Waals surface area contributed by atoms with Gasteiger partial charge in [-0.3, -0.25) is 19.1 Å². The molecule has 280 valence electrons. The van der Waals surface area contributed by atoms with Gasteiger partial charge < -0.3 is 10.6 Å². The lowest BCUT2D eigenvalue weighted by Gasteiger charge is -2.25. The molecule has 3 aromatic rings. The second kappa shape index (κ2) is 12.7. The molecular weight excluding hydrogens is 806 g/mol. The number of halogens is 16. The topological polar surface area (TPSA) is 84.5 Å². The summed E-state index contributed by atoms with van der Waals surface area (Å²) in [5.41, 5.74) is -5.27. The molecule has 1 aliphatic heterocycles. The molecular formula is C30H14Cl3F13N2O4. The fraction of sp³-hybridized carbons (Fsp3) is 0.300. The van der Waals surface area contributed by atoms with Crippen molar-refractivity contribution >= 4 is 63.8 Å². The summed E-state index contributed by atoms with van der Waals surface area (Å²) in [4.78, 5) is 38.3.